The number of halogens is 1. The molecule has 0 fully saturated rings. The SMILES string of the molecule is C=CCOc1ccncc1I. The molecule has 0 aromatic carbocycles. The maximum Gasteiger partial charge on any atom is 0.136 e. The highest BCUT2D eigenvalue weighted by Crippen LogP contribution is 2.17. The predicted octanol–water partition coefficient (Wildman–Crippen LogP) is 2.25. The van der Waals surface area contributed by atoms with Crippen LogP contribution >= 0.6 is 22.6 Å². The molecule has 0 aliphatic carbocycles. The summed E-state index contributed by atoms with van der Waals surface area (Å²) in [5.74, 6) is 0.862. The van der Waals surface area contributed by atoms with E-state index in [9.17, 15) is 0 Å². The Hall–Kier alpha value is -0.580. The third-order valence-corrected chi connectivity index (χ3v) is 1.90. The van der Waals surface area contributed by atoms with E-state index in [1.165, 1.54) is 0 Å². The normalized spacial score (nSPS) is 9.18. The third-order valence-electron chi connectivity index (χ3n) is 1.09. The molecule has 1 heterocycles. The second-order valence-electron chi connectivity index (χ2n) is 1.91. The number of nitrogens with zero attached hydrogens (tertiary/aromatic N) is 1. The molecule has 0 atom stereocenters. The number of ether oxygens (including phenoxy) is 1. The molecule has 0 aliphatic heterocycles. The van der Waals surface area contributed by atoms with Crippen LogP contribution in [-0.4, -0.2) is 11.6 Å². The Morgan fingerprint density at radius 2 is 2.55 bits per heavy atom. The van der Waals surface area contributed by atoms with Gasteiger partial charge in [-0.1, -0.05) is 12.7 Å². The van der Waals surface area contributed by atoms with Gasteiger partial charge in [-0.2, -0.15) is 0 Å². The Labute approximate surface area is 79.4 Å². The van der Waals surface area contributed by atoms with Gasteiger partial charge >= 0.3 is 0 Å². The van der Waals surface area contributed by atoms with E-state index in [1.54, 1.807) is 18.5 Å². The molecule has 0 saturated heterocycles. The number of pyridine rings is 1. The van der Waals surface area contributed by atoms with Crippen LogP contribution in [0.1, 0.15) is 0 Å². The largest absolute Gasteiger partial charge is 0.488 e. The van der Waals surface area contributed by atoms with Crippen molar-refractivity contribution in [3.05, 3.63) is 34.7 Å². The Morgan fingerprint density at radius 3 is 3.18 bits per heavy atom. The van der Waals surface area contributed by atoms with Crippen molar-refractivity contribution in [2.24, 2.45) is 0 Å². The molecule has 1 aromatic heterocycles. The van der Waals surface area contributed by atoms with Crippen LogP contribution in [0, 0.1) is 3.57 Å². The molecule has 0 spiro atoms. The molecule has 0 unspecified atom stereocenters. The fourth-order valence-electron chi connectivity index (χ4n) is 0.628. The van der Waals surface area contributed by atoms with E-state index in [1.807, 2.05) is 6.07 Å². The van der Waals surface area contributed by atoms with E-state index in [2.05, 4.69) is 34.2 Å². The van der Waals surface area contributed by atoms with Crippen molar-refractivity contribution in [1.82, 2.24) is 4.98 Å². The number of hydrogen-bond donors (Lipinski definition) is 0. The lowest BCUT2D eigenvalue weighted by atomic mass is 10.4. The lowest BCUT2D eigenvalue weighted by molar-refractivity contribution is 0.360. The van der Waals surface area contributed by atoms with Crippen LogP contribution in [-0.2, 0) is 0 Å². The first-order valence-corrected chi connectivity index (χ1v) is 4.25. The summed E-state index contributed by atoms with van der Waals surface area (Å²) in [6.07, 6.45) is 5.19. The fourth-order valence-corrected chi connectivity index (χ4v) is 1.12. The highest BCUT2D eigenvalue weighted by Gasteiger charge is 1.96. The van der Waals surface area contributed by atoms with E-state index in [4.69, 9.17) is 4.74 Å². The van der Waals surface area contributed by atoms with Gasteiger partial charge in [0.05, 0.1) is 3.57 Å². The second kappa shape index (κ2) is 4.33. The summed E-state index contributed by atoms with van der Waals surface area (Å²) in [6, 6.07) is 1.84. The highest BCUT2D eigenvalue weighted by atomic mass is 127. The first kappa shape index (κ1) is 8.52. The molecule has 3 heteroatoms. The molecule has 0 radical (unpaired) electrons. The van der Waals surface area contributed by atoms with Crippen LogP contribution in [0.2, 0.25) is 0 Å². The van der Waals surface area contributed by atoms with Gasteiger partial charge < -0.3 is 4.74 Å². The minimum atomic E-state index is 0.542. The van der Waals surface area contributed by atoms with Crippen molar-refractivity contribution >= 4 is 22.6 Å². The van der Waals surface area contributed by atoms with Gasteiger partial charge in [0, 0.05) is 12.4 Å². The monoisotopic (exact) mass is 261 g/mol. The predicted molar refractivity (Wildman–Crippen MR) is 52.6 cm³/mol. The lowest BCUT2D eigenvalue weighted by Crippen LogP contribution is -1.94. The van der Waals surface area contributed by atoms with Crippen LogP contribution in [0.25, 0.3) is 0 Å². The molecule has 11 heavy (non-hydrogen) atoms. The van der Waals surface area contributed by atoms with Crippen molar-refractivity contribution in [2.45, 2.75) is 0 Å². The molecule has 58 valence electrons. The topological polar surface area (TPSA) is 22.1 Å². The van der Waals surface area contributed by atoms with E-state index >= 15 is 0 Å². The summed E-state index contributed by atoms with van der Waals surface area (Å²) in [6.45, 7) is 4.10. The first-order chi connectivity index (χ1) is 5.34. The minimum Gasteiger partial charge on any atom is -0.488 e. The van der Waals surface area contributed by atoms with Crippen LogP contribution < -0.4 is 4.74 Å². The smallest absolute Gasteiger partial charge is 0.136 e. The van der Waals surface area contributed by atoms with E-state index in [0.29, 0.717) is 6.61 Å². The molecule has 2 nitrogen and oxygen atoms in total. The summed E-state index contributed by atoms with van der Waals surface area (Å²) in [5.41, 5.74) is 0. The number of hydrogen-bond acceptors (Lipinski definition) is 2. The zero-order valence-corrected chi connectivity index (χ0v) is 8.11. The van der Waals surface area contributed by atoms with Gasteiger partial charge in [-0.25, -0.2) is 0 Å². The van der Waals surface area contributed by atoms with E-state index < -0.39 is 0 Å². The van der Waals surface area contributed by atoms with Crippen LogP contribution in [0.5, 0.6) is 5.75 Å². The third kappa shape index (κ3) is 2.49. The van der Waals surface area contributed by atoms with Crippen molar-refractivity contribution in [3.8, 4) is 5.75 Å². The zero-order valence-electron chi connectivity index (χ0n) is 5.96. The van der Waals surface area contributed by atoms with Gasteiger partial charge in [-0.05, 0) is 28.7 Å². The van der Waals surface area contributed by atoms with Gasteiger partial charge in [-0.15, -0.1) is 0 Å². The Balaban J connectivity index is 2.69. The lowest BCUT2D eigenvalue weighted by Gasteiger charge is -2.03. The molecule has 1 rings (SSSR count). The molecular weight excluding hydrogens is 253 g/mol. The Bertz CT molecular complexity index is 250. The van der Waals surface area contributed by atoms with Gasteiger partial charge in [-0.3, -0.25) is 4.98 Å². The summed E-state index contributed by atoms with van der Waals surface area (Å²) in [4.78, 5) is 3.94. The van der Waals surface area contributed by atoms with Crippen molar-refractivity contribution in [3.63, 3.8) is 0 Å². The standard InChI is InChI=1S/C8H8INO/c1-2-5-11-8-3-4-10-6-7(8)9/h2-4,6H,1,5H2. The zero-order chi connectivity index (χ0) is 8.10. The quantitative estimate of drug-likeness (QED) is 0.615. The molecule has 0 N–H and O–H groups in total. The molecule has 0 saturated carbocycles. The number of aromatic nitrogens is 1. The summed E-state index contributed by atoms with van der Waals surface area (Å²) in [7, 11) is 0. The van der Waals surface area contributed by atoms with Gasteiger partial charge in [0.2, 0.25) is 0 Å². The average molecular weight is 261 g/mol. The van der Waals surface area contributed by atoms with E-state index in [0.717, 1.165) is 9.32 Å². The van der Waals surface area contributed by atoms with Crippen LogP contribution in [0.15, 0.2) is 31.1 Å². The summed E-state index contributed by atoms with van der Waals surface area (Å²) < 4.78 is 6.34. The molecule has 0 bridgehead atoms. The Kier molecular flexibility index (Phi) is 3.35. The average Bonchev–Trinajstić information content (AvgIpc) is 2.03. The molecule has 1 aromatic rings. The van der Waals surface area contributed by atoms with Crippen molar-refractivity contribution < 1.29 is 4.74 Å². The van der Waals surface area contributed by atoms with Gasteiger partial charge in [0.25, 0.3) is 0 Å². The van der Waals surface area contributed by atoms with Crippen LogP contribution in [0.4, 0.5) is 0 Å². The molecule has 0 aliphatic rings. The van der Waals surface area contributed by atoms with Gasteiger partial charge in [0.1, 0.15) is 12.4 Å². The molecule has 0 amide bonds. The Morgan fingerprint density at radius 1 is 1.73 bits per heavy atom. The maximum absolute atomic E-state index is 5.32. The summed E-state index contributed by atoms with van der Waals surface area (Å²) >= 11 is 2.18. The second-order valence-corrected chi connectivity index (χ2v) is 3.07. The van der Waals surface area contributed by atoms with Crippen molar-refractivity contribution in [1.29, 1.82) is 0 Å². The molecular formula is C8H8INO. The minimum absolute atomic E-state index is 0.542. The fraction of sp³-hybridized carbons (Fsp3) is 0.125. The first-order valence-electron chi connectivity index (χ1n) is 3.18. The summed E-state index contributed by atoms with van der Waals surface area (Å²) in [5, 5.41) is 0. The van der Waals surface area contributed by atoms with Gasteiger partial charge in [0.15, 0.2) is 0 Å². The van der Waals surface area contributed by atoms with E-state index in [-0.39, 0.29) is 0 Å². The van der Waals surface area contributed by atoms with Crippen molar-refractivity contribution in [2.75, 3.05) is 6.61 Å². The maximum atomic E-state index is 5.32. The van der Waals surface area contributed by atoms with Crippen LogP contribution in [0.3, 0.4) is 0 Å². The highest BCUT2D eigenvalue weighted by molar-refractivity contribution is 14.1. The number of rotatable bonds is 3.